The zero-order valence-corrected chi connectivity index (χ0v) is 20.1. The molecule has 5 aromatic rings. The van der Waals surface area contributed by atoms with Crippen LogP contribution in [0.3, 0.4) is 0 Å². The predicted octanol–water partition coefficient (Wildman–Crippen LogP) is 3.19. The monoisotopic (exact) mass is 491 g/mol. The minimum absolute atomic E-state index is 0.206. The van der Waals surface area contributed by atoms with Crippen LogP contribution in [0.15, 0.2) is 53.5 Å². The molecule has 0 atom stereocenters. The molecule has 35 heavy (non-hydrogen) atoms. The Labute approximate surface area is 203 Å². The molecule has 4 aromatic heterocycles. The molecular formula is C24H22FN7O2S. The number of aryl methyl sites for hydroxylation is 3. The molecule has 4 heterocycles. The van der Waals surface area contributed by atoms with E-state index in [1.54, 1.807) is 22.9 Å². The SMILES string of the molecule is Cc1cc(C)n(-c2ccc(=O)n(CC(=O)NCc3sc4nc(-c5ccc(F)cc5)cn4c3C)n2)n1. The van der Waals surface area contributed by atoms with Crippen molar-refractivity contribution in [2.45, 2.75) is 33.9 Å². The Balaban J connectivity index is 1.28. The third-order valence-electron chi connectivity index (χ3n) is 5.61. The van der Waals surface area contributed by atoms with Gasteiger partial charge >= 0.3 is 0 Å². The Morgan fingerprint density at radius 3 is 2.54 bits per heavy atom. The Kier molecular flexibility index (Phi) is 5.77. The van der Waals surface area contributed by atoms with Gasteiger partial charge in [-0.25, -0.2) is 18.7 Å². The van der Waals surface area contributed by atoms with E-state index < -0.39 is 0 Å². The first-order valence-corrected chi connectivity index (χ1v) is 11.7. The van der Waals surface area contributed by atoms with Crippen LogP contribution in [0, 0.1) is 26.6 Å². The summed E-state index contributed by atoms with van der Waals surface area (Å²) in [4.78, 5) is 31.2. The highest BCUT2D eigenvalue weighted by Crippen LogP contribution is 2.27. The number of rotatable bonds is 6. The Morgan fingerprint density at radius 1 is 1.09 bits per heavy atom. The number of hydrogen-bond acceptors (Lipinski definition) is 6. The summed E-state index contributed by atoms with van der Waals surface area (Å²) in [6, 6.07) is 11.1. The molecule has 0 saturated carbocycles. The fourth-order valence-corrected chi connectivity index (χ4v) is 4.86. The van der Waals surface area contributed by atoms with Crippen molar-refractivity contribution in [3.05, 3.63) is 86.8 Å². The minimum Gasteiger partial charge on any atom is -0.350 e. The molecule has 5 rings (SSSR count). The number of imidazole rings is 1. The summed E-state index contributed by atoms with van der Waals surface area (Å²) >= 11 is 1.46. The molecule has 1 amide bonds. The molecule has 0 spiro atoms. The van der Waals surface area contributed by atoms with Crippen LogP contribution in [0.25, 0.3) is 22.0 Å². The van der Waals surface area contributed by atoms with E-state index in [0.29, 0.717) is 12.4 Å². The summed E-state index contributed by atoms with van der Waals surface area (Å²) in [6.07, 6.45) is 1.90. The van der Waals surface area contributed by atoms with Gasteiger partial charge in [0, 0.05) is 34.1 Å². The predicted molar refractivity (Wildman–Crippen MR) is 130 cm³/mol. The van der Waals surface area contributed by atoms with Crippen LogP contribution in [-0.2, 0) is 17.9 Å². The number of hydrogen-bond donors (Lipinski definition) is 1. The molecule has 0 aliphatic carbocycles. The molecule has 0 fully saturated rings. The molecule has 9 nitrogen and oxygen atoms in total. The summed E-state index contributed by atoms with van der Waals surface area (Å²) in [6.45, 7) is 5.82. The first-order valence-electron chi connectivity index (χ1n) is 10.9. The molecule has 0 unspecified atom stereocenters. The van der Waals surface area contributed by atoms with Gasteiger partial charge in [0.25, 0.3) is 5.56 Å². The van der Waals surface area contributed by atoms with E-state index in [-0.39, 0.29) is 23.8 Å². The van der Waals surface area contributed by atoms with E-state index >= 15 is 0 Å². The van der Waals surface area contributed by atoms with Crippen LogP contribution in [0.5, 0.6) is 0 Å². The molecule has 0 saturated heterocycles. The fourth-order valence-electron chi connectivity index (χ4n) is 3.81. The fraction of sp³-hybridized carbons (Fsp3) is 0.208. The van der Waals surface area contributed by atoms with E-state index in [2.05, 4.69) is 20.5 Å². The lowest BCUT2D eigenvalue weighted by molar-refractivity contribution is -0.122. The number of carbonyl (C=O) groups is 1. The average Bonchev–Trinajstić information content (AvgIpc) is 3.48. The van der Waals surface area contributed by atoms with Crippen LogP contribution in [-0.4, -0.2) is 34.9 Å². The molecule has 0 radical (unpaired) electrons. The van der Waals surface area contributed by atoms with Gasteiger partial charge in [-0.3, -0.25) is 14.0 Å². The molecule has 0 aliphatic rings. The lowest BCUT2D eigenvalue weighted by Crippen LogP contribution is -2.33. The molecule has 178 valence electrons. The van der Waals surface area contributed by atoms with Crippen molar-refractivity contribution < 1.29 is 9.18 Å². The van der Waals surface area contributed by atoms with Crippen molar-refractivity contribution in [1.82, 2.24) is 34.3 Å². The van der Waals surface area contributed by atoms with Gasteiger partial charge in [-0.2, -0.15) is 5.10 Å². The second-order valence-corrected chi connectivity index (χ2v) is 9.26. The average molecular weight is 492 g/mol. The zero-order chi connectivity index (χ0) is 24.7. The highest BCUT2D eigenvalue weighted by Gasteiger charge is 2.15. The zero-order valence-electron chi connectivity index (χ0n) is 19.3. The first kappa shape index (κ1) is 22.7. The summed E-state index contributed by atoms with van der Waals surface area (Å²) < 4.78 is 17.9. The maximum Gasteiger partial charge on any atom is 0.267 e. The number of aromatic nitrogens is 6. The Bertz CT molecular complexity index is 1610. The summed E-state index contributed by atoms with van der Waals surface area (Å²) in [5, 5.41) is 11.5. The number of nitrogens with one attached hydrogen (secondary N) is 1. The van der Waals surface area contributed by atoms with Gasteiger partial charge in [0.2, 0.25) is 5.91 Å². The van der Waals surface area contributed by atoms with Crippen molar-refractivity contribution in [3.8, 4) is 17.1 Å². The smallest absolute Gasteiger partial charge is 0.267 e. The standard InChI is InChI=1S/C24H22FN7O2S/c1-14-10-15(2)32(28-14)21-8-9-23(34)31(29-21)13-22(33)26-11-20-16(3)30-12-19(27-24(30)35-20)17-4-6-18(25)7-5-17/h4-10,12H,11,13H2,1-3H3,(H,26,33). The molecular weight excluding hydrogens is 469 g/mol. The third kappa shape index (κ3) is 4.50. The topological polar surface area (TPSA) is 99.1 Å². The number of amides is 1. The van der Waals surface area contributed by atoms with E-state index in [4.69, 9.17) is 0 Å². The normalized spacial score (nSPS) is 11.3. The molecule has 1 N–H and O–H groups in total. The van der Waals surface area contributed by atoms with E-state index in [0.717, 1.165) is 42.9 Å². The van der Waals surface area contributed by atoms with Crippen molar-refractivity contribution in [3.63, 3.8) is 0 Å². The van der Waals surface area contributed by atoms with Crippen molar-refractivity contribution in [2.24, 2.45) is 0 Å². The van der Waals surface area contributed by atoms with Crippen LogP contribution in [0.1, 0.15) is 22.0 Å². The van der Waals surface area contributed by atoms with Gasteiger partial charge in [0.1, 0.15) is 12.4 Å². The van der Waals surface area contributed by atoms with Crippen molar-refractivity contribution in [2.75, 3.05) is 0 Å². The van der Waals surface area contributed by atoms with Gasteiger partial charge in [-0.05, 0) is 57.2 Å². The number of thiazole rings is 1. The second kappa shape index (κ2) is 8.91. The van der Waals surface area contributed by atoms with Crippen LogP contribution in [0.2, 0.25) is 0 Å². The Hall–Kier alpha value is -4.12. The summed E-state index contributed by atoms with van der Waals surface area (Å²) in [5.41, 5.74) is 3.88. The summed E-state index contributed by atoms with van der Waals surface area (Å²) in [5.74, 6) is -0.155. The largest absolute Gasteiger partial charge is 0.350 e. The van der Waals surface area contributed by atoms with Gasteiger partial charge in [-0.15, -0.1) is 5.10 Å². The van der Waals surface area contributed by atoms with E-state index in [1.807, 2.05) is 37.4 Å². The second-order valence-electron chi connectivity index (χ2n) is 8.20. The van der Waals surface area contributed by atoms with Gasteiger partial charge < -0.3 is 5.32 Å². The van der Waals surface area contributed by atoms with Gasteiger partial charge in [0.05, 0.1) is 17.9 Å². The van der Waals surface area contributed by atoms with Crippen LogP contribution < -0.4 is 10.9 Å². The van der Waals surface area contributed by atoms with Crippen LogP contribution in [0.4, 0.5) is 4.39 Å². The minimum atomic E-state index is -0.371. The van der Waals surface area contributed by atoms with Crippen molar-refractivity contribution >= 4 is 22.2 Å². The first-order chi connectivity index (χ1) is 16.8. The number of halogens is 1. The van der Waals surface area contributed by atoms with Crippen molar-refractivity contribution in [1.29, 1.82) is 0 Å². The van der Waals surface area contributed by atoms with Gasteiger partial charge in [-0.1, -0.05) is 11.3 Å². The number of fused-ring (bicyclic) bond motifs is 1. The number of carbonyl (C=O) groups excluding carboxylic acids is 1. The van der Waals surface area contributed by atoms with Crippen LogP contribution >= 0.6 is 11.3 Å². The number of benzene rings is 1. The third-order valence-corrected chi connectivity index (χ3v) is 6.77. The maximum absolute atomic E-state index is 13.2. The maximum atomic E-state index is 13.2. The lowest BCUT2D eigenvalue weighted by Gasteiger charge is -2.09. The van der Waals surface area contributed by atoms with E-state index in [9.17, 15) is 14.0 Å². The Morgan fingerprint density at radius 2 is 1.86 bits per heavy atom. The number of nitrogens with zero attached hydrogens (tertiary/aromatic N) is 6. The molecule has 1 aromatic carbocycles. The molecule has 0 bridgehead atoms. The highest BCUT2D eigenvalue weighted by molar-refractivity contribution is 7.17. The van der Waals surface area contributed by atoms with Gasteiger partial charge in [0.15, 0.2) is 10.8 Å². The lowest BCUT2D eigenvalue weighted by atomic mass is 10.2. The van der Waals surface area contributed by atoms with E-state index in [1.165, 1.54) is 29.5 Å². The molecule has 0 aliphatic heterocycles. The summed E-state index contributed by atoms with van der Waals surface area (Å²) in [7, 11) is 0. The highest BCUT2D eigenvalue weighted by atomic mass is 32.1. The quantitative estimate of drug-likeness (QED) is 0.393. The molecule has 11 heteroatoms.